The molecule has 26 heavy (non-hydrogen) atoms. The standard InChI is InChI=1S/C18H22N4O2S.HI/c1-25-12-11-19-18(20-13-15-5-3-2-4-6-15)21-14-16-7-9-17(10-8-16)22(23)24;/h2-10H,11-14H2,1H3,(H2,19,20,21);1H. The zero-order valence-corrected chi connectivity index (χ0v) is 17.7. The summed E-state index contributed by atoms with van der Waals surface area (Å²) in [5.41, 5.74) is 2.20. The Hall–Kier alpha value is -1.81. The Morgan fingerprint density at radius 1 is 1.08 bits per heavy atom. The van der Waals surface area contributed by atoms with E-state index in [4.69, 9.17) is 0 Å². The number of non-ortho nitro benzene ring substituents is 1. The van der Waals surface area contributed by atoms with Gasteiger partial charge >= 0.3 is 0 Å². The molecular formula is C18H23IN4O2S. The first-order valence-electron chi connectivity index (χ1n) is 7.97. The van der Waals surface area contributed by atoms with Crippen LogP contribution in [0.5, 0.6) is 0 Å². The maximum Gasteiger partial charge on any atom is 0.269 e. The van der Waals surface area contributed by atoms with Crippen LogP contribution in [0.25, 0.3) is 0 Å². The number of hydrogen-bond acceptors (Lipinski definition) is 4. The summed E-state index contributed by atoms with van der Waals surface area (Å²) < 4.78 is 0. The Morgan fingerprint density at radius 2 is 1.77 bits per heavy atom. The molecule has 2 rings (SSSR count). The highest BCUT2D eigenvalue weighted by Gasteiger charge is 2.04. The zero-order chi connectivity index (χ0) is 17.9. The number of nitrogens with one attached hydrogen (secondary N) is 2. The maximum atomic E-state index is 10.7. The summed E-state index contributed by atoms with van der Waals surface area (Å²) in [5.74, 6) is 1.72. The van der Waals surface area contributed by atoms with Crippen LogP contribution in [0.3, 0.4) is 0 Å². The molecule has 0 atom stereocenters. The number of nitro benzene ring substituents is 1. The third-order valence-electron chi connectivity index (χ3n) is 3.47. The lowest BCUT2D eigenvalue weighted by molar-refractivity contribution is -0.384. The average molecular weight is 486 g/mol. The number of benzene rings is 2. The van der Waals surface area contributed by atoms with Crippen LogP contribution in [-0.4, -0.2) is 29.4 Å². The number of thioether (sulfide) groups is 1. The predicted octanol–water partition coefficient (Wildman–Crippen LogP) is 3.81. The van der Waals surface area contributed by atoms with Gasteiger partial charge in [-0.3, -0.25) is 10.1 Å². The van der Waals surface area contributed by atoms with Gasteiger partial charge in [0.15, 0.2) is 5.96 Å². The summed E-state index contributed by atoms with van der Waals surface area (Å²) in [5, 5.41) is 17.3. The molecule has 0 aliphatic rings. The monoisotopic (exact) mass is 486 g/mol. The van der Waals surface area contributed by atoms with Gasteiger partial charge in [-0.05, 0) is 17.4 Å². The molecule has 0 aliphatic carbocycles. The van der Waals surface area contributed by atoms with Crippen LogP contribution < -0.4 is 10.6 Å². The highest BCUT2D eigenvalue weighted by molar-refractivity contribution is 14.0. The fraction of sp³-hybridized carbons (Fsp3) is 0.278. The topological polar surface area (TPSA) is 79.6 Å². The number of hydrogen-bond donors (Lipinski definition) is 2. The third kappa shape index (κ3) is 8.05. The van der Waals surface area contributed by atoms with Gasteiger partial charge in [0.25, 0.3) is 5.69 Å². The van der Waals surface area contributed by atoms with E-state index in [0.717, 1.165) is 29.4 Å². The van der Waals surface area contributed by atoms with E-state index in [2.05, 4.69) is 21.9 Å². The number of halogens is 1. The first-order valence-corrected chi connectivity index (χ1v) is 9.37. The highest BCUT2D eigenvalue weighted by atomic mass is 127. The van der Waals surface area contributed by atoms with Gasteiger partial charge in [0.05, 0.1) is 11.5 Å². The van der Waals surface area contributed by atoms with Crippen molar-refractivity contribution in [1.29, 1.82) is 0 Å². The van der Waals surface area contributed by atoms with Crippen molar-refractivity contribution >= 4 is 47.4 Å². The molecular weight excluding hydrogens is 463 g/mol. The number of nitrogens with zero attached hydrogens (tertiary/aromatic N) is 2. The van der Waals surface area contributed by atoms with Crippen LogP contribution in [0.1, 0.15) is 11.1 Å². The van der Waals surface area contributed by atoms with Crippen molar-refractivity contribution in [2.24, 2.45) is 4.99 Å². The second-order valence-electron chi connectivity index (χ2n) is 5.35. The Morgan fingerprint density at radius 3 is 2.38 bits per heavy atom. The highest BCUT2D eigenvalue weighted by Crippen LogP contribution is 2.11. The Bertz CT molecular complexity index is 696. The molecule has 0 aliphatic heterocycles. The van der Waals surface area contributed by atoms with Gasteiger partial charge in [-0.2, -0.15) is 11.8 Å². The normalized spacial score (nSPS) is 10.7. The average Bonchev–Trinajstić information content (AvgIpc) is 2.65. The van der Waals surface area contributed by atoms with E-state index in [9.17, 15) is 10.1 Å². The van der Waals surface area contributed by atoms with Gasteiger partial charge in [-0.1, -0.05) is 42.5 Å². The van der Waals surface area contributed by atoms with Crippen molar-refractivity contribution in [2.75, 3.05) is 18.6 Å². The summed E-state index contributed by atoms with van der Waals surface area (Å²) in [6.07, 6.45) is 2.06. The van der Waals surface area contributed by atoms with Crippen molar-refractivity contribution in [3.63, 3.8) is 0 Å². The lowest BCUT2D eigenvalue weighted by atomic mass is 10.2. The minimum absolute atomic E-state index is 0. The summed E-state index contributed by atoms with van der Waals surface area (Å²) in [6.45, 7) is 1.97. The van der Waals surface area contributed by atoms with E-state index in [1.165, 1.54) is 12.1 Å². The lowest BCUT2D eigenvalue weighted by Gasteiger charge is -2.12. The zero-order valence-electron chi connectivity index (χ0n) is 14.6. The summed E-state index contributed by atoms with van der Waals surface area (Å²) in [7, 11) is 0. The molecule has 0 spiro atoms. The molecule has 0 radical (unpaired) electrons. The van der Waals surface area contributed by atoms with Crippen molar-refractivity contribution in [2.45, 2.75) is 13.1 Å². The van der Waals surface area contributed by atoms with Gasteiger partial charge in [0.2, 0.25) is 0 Å². The van der Waals surface area contributed by atoms with E-state index in [1.807, 2.05) is 30.3 Å². The number of aliphatic imine (C=N–C) groups is 1. The molecule has 2 aromatic carbocycles. The van der Waals surface area contributed by atoms with Crippen molar-refractivity contribution < 1.29 is 4.92 Å². The molecule has 0 saturated heterocycles. The van der Waals surface area contributed by atoms with Crippen LogP contribution in [0.15, 0.2) is 59.6 Å². The van der Waals surface area contributed by atoms with Gasteiger partial charge in [-0.25, -0.2) is 4.99 Å². The van der Waals surface area contributed by atoms with Crippen molar-refractivity contribution in [3.8, 4) is 0 Å². The second kappa shape index (κ2) is 12.5. The van der Waals surface area contributed by atoms with Crippen LogP contribution in [-0.2, 0) is 13.1 Å². The molecule has 2 aromatic rings. The van der Waals surface area contributed by atoms with Gasteiger partial charge in [-0.15, -0.1) is 24.0 Å². The number of guanidine groups is 1. The number of nitro groups is 1. The molecule has 0 bridgehead atoms. The molecule has 0 saturated carbocycles. The molecule has 0 fully saturated rings. The van der Waals surface area contributed by atoms with E-state index in [0.29, 0.717) is 13.1 Å². The smallest absolute Gasteiger partial charge is 0.269 e. The van der Waals surface area contributed by atoms with E-state index >= 15 is 0 Å². The first kappa shape index (κ1) is 22.2. The minimum atomic E-state index is -0.395. The van der Waals surface area contributed by atoms with Gasteiger partial charge in [0.1, 0.15) is 0 Å². The summed E-state index contributed by atoms with van der Waals surface area (Å²) in [4.78, 5) is 14.9. The van der Waals surface area contributed by atoms with Crippen molar-refractivity contribution in [3.05, 3.63) is 75.8 Å². The second-order valence-corrected chi connectivity index (χ2v) is 6.33. The Balaban J connectivity index is 0.00000338. The Labute approximate surface area is 175 Å². The van der Waals surface area contributed by atoms with Crippen LogP contribution >= 0.6 is 35.7 Å². The molecule has 6 nitrogen and oxygen atoms in total. The fourth-order valence-electron chi connectivity index (χ4n) is 2.12. The van der Waals surface area contributed by atoms with E-state index in [-0.39, 0.29) is 29.7 Å². The van der Waals surface area contributed by atoms with E-state index < -0.39 is 4.92 Å². The Kier molecular flexibility index (Phi) is 10.7. The van der Waals surface area contributed by atoms with Crippen LogP contribution in [0, 0.1) is 10.1 Å². The summed E-state index contributed by atoms with van der Waals surface area (Å²) in [6, 6.07) is 16.6. The molecule has 0 aromatic heterocycles. The fourth-order valence-corrected chi connectivity index (χ4v) is 2.43. The molecule has 0 unspecified atom stereocenters. The largest absolute Gasteiger partial charge is 0.356 e. The predicted molar refractivity (Wildman–Crippen MR) is 119 cm³/mol. The van der Waals surface area contributed by atoms with Crippen molar-refractivity contribution in [1.82, 2.24) is 10.6 Å². The maximum absolute atomic E-state index is 10.7. The van der Waals surface area contributed by atoms with Crippen LogP contribution in [0.4, 0.5) is 5.69 Å². The van der Waals surface area contributed by atoms with Gasteiger partial charge in [0, 0.05) is 31.0 Å². The van der Waals surface area contributed by atoms with Gasteiger partial charge < -0.3 is 10.6 Å². The quantitative estimate of drug-likeness (QED) is 0.148. The summed E-state index contributed by atoms with van der Waals surface area (Å²) >= 11 is 1.77. The lowest BCUT2D eigenvalue weighted by Crippen LogP contribution is -2.38. The first-order chi connectivity index (χ1) is 12.2. The molecule has 0 heterocycles. The minimum Gasteiger partial charge on any atom is -0.356 e. The molecule has 0 amide bonds. The molecule has 2 N–H and O–H groups in total. The SMILES string of the molecule is CSCCNC(=NCc1ccccc1)NCc1ccc([N+](=O)[O-])cc1.I. The number of rotatable bonds is 8. The van der Waals surface area contributed by atoms with Crippen LogP contribution in [0.2, 0.25) is 0 Å². The third-order valence-corrected chi connectivity index (χ3v) is 4.08. The molecule has 8 heteroatoms. The molecule has 140 valence electrons. The van der Waals surface area contributed by atoms with E-state index in [1.54, 1.807) is 23.9 Å².